The number of hydrogen-bond donors (Lipinski definition) is 0. The Hall–Kier alpha value is -6.91. The third-order valence-corrected chi connectivity index (χ3v) is 10.5. The van der Waals surface area contributed by atoms with E-state index in [0.29, 0.717) is 0 Å². The molecule has 0 spiro atoms. The Morgan fingerprint density at radius 2 is 0.784 bits per heavy atom. The van der Waals surface area contributed by atoms with Crippen LogP contribution in [0.25, 0.3) is 93.6 Å². The number of nitrogens with zero attached hydrogens (tertiary/aromatic N) is 4. The molecule has 4 aromatic heterocycles. The van der Waals surface area contributed by atoms with Gasteiger partial charge < -0.3 is 13.7 Å². The molecule has 0 saturated carbocycles. The fourth-order valence-corrected chi connectivity index (χ4v) is 8.36. The summed E-state index contributed by atoms with van der Waals surface area (Å²) in [6, 6.07) is 61.4. The Morgan fingerprint density at radius 3 is 1.47 bits per heavy atom. The van der Waals surface area contributed by atoms with E-state index >= 15 is 0 Å². The number of fused-ring (bicyclic) bond motifs is 10. The van der Waals surface area contributed by atoms with Crippen LogP contribution in [0.15, 0.2) is 182 Å². The van der Waals surface area contributed by atoms with Gasteiger partial charge in [-0.1, -0.05) is 97.1 Å². The van der Waals surface area contributed by atoms with Crippen LogP contribution in [-0.4, -0.2) is 18.7 Å². The number of para-hydroxylation sites is 3. The largest absolute Gasteiger partial charge is 0.309 e. The van der Waals surface area contributed by atoms with Crippen LogP contribution in [0.1, 0.15) is 0 Å². The molecule has 0 fully saturated rings. The highest BCUT2D eigenvalue weighted by molar-refractivity contribution is 6.29. The van der Waals surface area contributed by atoms with Gasteiger partial charge in [0.25, 0.3) is 0 Å². The smallest absolute Gasteiger partial charge is 0.0571 e. The van der Waals surface area contributed by atoms with Crippen LogP contribution < -0.4 is 0 Å². The second-order valence-corrected chi connectivity index (χ2v) is 13.2. The fraction of sp³-hybridized carbons (Fsp3) is 0. The van der Waals surface area contributed by atoms with Gasteiger partial charge in [-0.2, -0.15) is 0 Å². The Bertz CT molecular complexity index is 3110. The monoisotopic (exact) mass is 650 g/mol. The molecule has 11 rings (SSSR count). The third-order valence-electron chi connectivity index (χ3n) is 10.5. The molecule has 0 N–H and O–H groups in total. The van der Waals surface area contributed by atoms with E-state index in [1.807, 2.05) is 12.4 Å². The highest BCUT2D eigenvalue weighted by atomic mass is 15.0. The van der Waals surface area contributed by atoms with Gasteiger partial charge in [-0.05, 0) is 83.9 Å². The van der Waals surface area contributed by atoms with Crippen LogP contribution >= 0.6 is 0 Å². The van der Waals surface area contributed by atoms with Gasteiger partial charge in [-0.3, -0.25) is 4.98 Å². The predicted octanol–water partition coefficient (Wildman–Crippen LogP) is 12.0. The zero-order chi connectivity index (χ0) is 33.5. The van der Waals surface area contributed by atoms with Crippen LogP contribution in [0.3, 0.4) is 0 Å². The van der Waals surface area contributed by atoms with Crippen LogP contribution in [0.4, 0.5) is 0 Å². The van der Waals surface area contributed by atoms with E-state index in [4.69, 9.17) is 0 Å². The average molecular weight is 651 g/mol. The first kappa shape index (κ1) is 28.0. The third kappa shape index (κ3) is 4.05. The minimum atomic E-state index is 1.13. The lowest BCUT2D eigenvalue weighted by Crippen LogP contribution is -1.96. The van der Waals surface area contributed by atoms with Gasteiger partial charge in [0.05, 0.1) is 33.1 Å². The van der Waals surface area contributed by atoms with E-state index < -0.39 is 0 Å². The first-order valence-corrected chi connectivity index (χ1v) is 17.4. The molecule has 238 valence electrons. The first-order chi connectivity index (χ1) is 25.3. The summed E-state index contributed by atoms with van der Waals surface area (Å²) < 4.78 is 7.20. The molecule has 11 aromatic rings. The second kappa shape index (κ2) is 10.8. The van der Waals surface area contributed by atoms with E-state index in [1.54, 1.807) is 0 Å². The molecule has 4 heterocycles. The summed E-state index contributed by atoms with van der Waals surface area (Å²) in [5.41, 5.74) is 12.9. The molecule has 0 bridgehead atoms. The van der Waals surface area contributed by atoms with Gasteiger partial charge in [-0.15, -0.1) is 0 Å². The molecule has 0 atom stereocenters. The SMILES string of the molecule is c1ccc(-c2ccc(-n3c4ccccc4c4c5c6ccccc6n(-c6ccc7c(c6)c6cnccc6n7-c6ccccc6)c5ccc43)cc2)cc1. The average Bonchev–Trinajstić information content (AvgIpc) is 3.84. The van der Waals surface area contributed by atoms with Gasteiger partial charge >= 0.3 is 0 Å². The molecule has 0 amide bonds. The van der Waals surface area contributed by atoms with Gasteiger partial charge in [0.1, 0.15) is 0 Å². The molecule has 0 unspecified atom stereocenters. The van der Waals surface area contributed by atoms with Crippen molar-refractivity contribution in [1.29, 1.82) is 0 Å². The van der Waals surface area contributed by atoms with Crippen molar-refractivity contribution in [1.82, 2.24) is 18.7 Å². The number of hydrogen-bond acceptors (Lipinski definition) is 1. The molecule has 0 aliphatic carbocycles. The Balaban J connectivity index is 1.18. The number of aromatic nitrogens is 4. The molecule has 7 aromatic carbocycles. The van der Waals surface area contributed by atoms with E-state index in [2.05, 4.69) is 189 Å². The van der Waals surface area contributed by atoms with E-state index in [9.17, 15) is 0 Å². The van der Waals surface area contributed by atoms with Crippen molar-refractivity contribution in [3.8, 4) is 28.2 Å². The number of rotatable bonds is 4. The van der Waals surface area contributed by atoms with Crippen molar-refractivity contribution >= 4 is 65.4 Å². The van der Waals surface area contributed by atoms with E-state index in [0.717, 1.165) is 33.5 Å². The zero-order valence-corrected chi connectivity index (χ0v) is 27.6. The molecule has 4 nitrogen and oxygen atoms in total. The molecule has 0 radical (unpaired) electrons. The van der Waals surface area contributed by atoms with E-state index in [-0.39, 0.29) is 0 Å². The summed E-state index contributed by atoms with van der Waals surface area (Å²) in [4.78, 5) is 4.55. The normalized spacial score (nSPS) is 11.9. The standard InChI is InChI=1S/C47H30N4/c1-3-11-31(12-4-1)32-19-21-34(22-20-32)50-40-17-9-7-15-36(40)46-44(50)25-26-45-47(46)37-16-8-10-18-41(37)51(45)35-23-24-42-38(29-35)39-30-48-28-27-43(39)49(42)33-13-5-2-6-14-33/h1-30H. The molecular formula is C47H30N4. The Kier molecular flexibility index (Phi) is 5.92. The van der Waals surface area contributed by atoms with Gasteiger partial charge in [0.2, 0.25) is 0 Å². The maximum atomic E-state index is 4.55. The molecule has 0 aliphatic rings. The summed E-state index contributed by atoms with van der Waals surface area (Å²) in [7, 11) is 0. The Labute approximate surface area is 293 Å². The lowest BCUT2D eigenvalue weighted by atomic mass is 10.1. The minimum absolute atomic E-state index is 1.13. The predicted molar refractivity (Wildman–Crippen MR) is 213 cm³/mol. The van der Waals surface area contributed by atoms with Gasteiger partial charge in [0.15, 0.2) is 0 Å². The van der Waals surface area contributed by atoms with Crippen molar-refractivity contribution in [3.63, 3.8) is 0 Å². The topological polar surface area (TPSA) is 27.7 Å². The molecule has 0 aliphatic heterocycles. The Morgan fingerprint density at radius 1 is 0.314 bits per heavy atom. The van der Waals surface area contributed by atoms with Crippen molar-refractivity contribution in [2.75, 3.05) is 0 Å². The van der Waals surface area contributed by atoms with Crippen molar-refractivity contribution in [3.05, 3.63) is 182 Å². The van der Waals surface area contributed by atoms with Gasteiger partial charge in [0, 0.05) is 61.8 Å². The first-order valence-electron chi connectivity index (χ1n) is 17.4. The zero-order valence-electron chi connectivity index (χ0n) is 27.6. The van der Waals surface area contributed by atoms with Crippen molar-refractivity contribution in [2.24, 2.45) is 0 Å². The lowest BCUT2D eigenvalue weighted by Gasteiger charge is -2.11. The summed E-state index contributed by atoms with van der Waals surface area (Å²) >= 11 is 0. The molecule has 4 heteroatoms. The highest BCUT2D eigenvalue weighted by Crippen LogP contribution is 2.43. The summed E-state index contributed by atoms with van der Waals surface area (Å²) in [5.74, 6) is 0. The van der Waals surface area contributed by atoms with Crippen molar-refractivity contribution in [2.45, 2.75) is 0 Å². The van der Waals surface area contributed by atoms with Crippen LogP contribution in [0, 0.1) is 0 Å². The maximum absolute atomic E-state index is 4.55. The molecule has 51 heavy (non-hydrogen) atoms. The molecule has 0 saturated heterocycles. The summed E-state index contributed by atoms with van der Waals surface area (Å²) in [6.07, 6.45) is 3.88. The number of pyridine rings is 1. The van der Waals surface area contributed by atoms with Crippen LogP contribution in [-0.2, 0) is 0 Å². The summed E-state index contributed by atoms with van der Waals surface area (Å²) in [6.45, 7) is 0. The summed E-state index contributed by atoms with van der Waals surface area (Å²) in [5, 5.41) is 7.36. The molecular weight excluding hydrogens is 621 g/mol. The van der Waals surface area contributed by atoms with Crippen molar-refractivity contribution < 1.29 is 0 Å². The van der Waals surface area contributed by atoms with Crippen LogP contribution in [0.2, 0.25) is 0 Å². The quantitative estimate of drug-likeness (QED) is 0.186. The van der Waals surface area contributed by atoms with Crippen LogP contribution in [0.5, 0.6) is 0 Å². The van der Waals surface area contributed by atoms with E-state index in [1.165, 1.54) is 60.1 Å². The second-order valence-electron chi connectivity index (χ2n) is 13.2. The minimum Gasteiger partial charge on any atom is -0.309 e. The lowest BCUT2D eigenvalue weighted by molar-refractivity contribution is 1.16. The highest BCUT2D eigenvalue weighted by Gasteiger charge is 2.21. The number of benzene rings is 7. The fourth-order valence-electron chi connectivity index (χ4n) is 8.36. The van der Waals surface area contributed by atoms with Gasteiger partial charge in [-0.25, -0.2) is 0 Å². The maximum Gasteiger partial charge on any atom is 0.0571 e.